The van der Waals surface area contributed by atoms with E-state index in [0.717, 1.165) is 0 Å². The minimum atomic E-state index is -1.51. The van der Waals surface area contributed by atoms with E-state index in [1.165, 1.54) is 18.9 Å². The fourth-order valence-electron chi connectivity index (χ4n) is 2.99. The summed E-state index contributed by atoms with van der Waals surface area (Å²) in [5, 5.41) is 0.398. The Balaban J connectivity index is 5.10. The minimum Gasteiger partial charge on any atom is -0.317 e. The Kier molecular flexibility index (Phi) is 5.51. The molecule has 0 bridgehead atoms. The first-order valence-electron chi connectivity index (χ1n) is 6.05. The summed E-state index contributed by atoms with van der Waals surface area (Å²) in [6, 6.07) is 1.37. The van der Waals surface area contributed by atoms with Crippen LogP contribution in [0.2, 0.25) is 11.1 Å². The lowest BCUT2D eigenvalue weighted by Crippen LogP contribution is -2.66. The van der Waals surface area contributed by atoms with Gasteiger partial charge in [-0.05, 0) is 39.3 Å². The molecule has 0 aliphatic rings. The topological polar surface area (TPSA) is 6.48 Å². The molecule has 0 aromatic carbocycles. The largest absolute Gasteiger partial charge is 0.317 e. The van der Waals surface area contributed by atoms with E-state index in [4.69, 9.17) is 0 Å². The zero-order chi connectivity index (χ0) is 12.3. The van der Waals surface area contributed by atoms with E-state index in [0.29, 0.717) is 5.04 Å². The molecule has 0 rings (SSSR count). The number of hydrogen-bond acceptors (Lipinski definition) is 2. The molecule has 0 N–H and O–H groups in total. The van der Waals surface area contributed by atoms with Gasteiger partial charge in [0.05, 0.1) is 0 Å². The van der Waals surface area contributed by atoms with E-state index in [1.54, 1.807) is 0 Å². The summed E-state index contributed by atoms with van der Waals surface area (Å²) in [4.78, 5) is 0. The van der Waals surface area contributed by atoms with Crippen molar-refractivity contribution in [2.24, 2.45) is 0 Å². The van der Waals surface area contributed by atoms with Crippen molar-refractivity contribution in [3.05, 3.63) is 0 Å². The zero-order valence-electron chi connectivity index (χ0n) is 12.0. The molecular weight excluding hydrogens is 200 g/mol. The molecule has 0 amide bonds. The van der Waals surface area contributed by atoms with Crippen LogP contribution in [0.15, 0.2) is 0 Å². The van der Waals surface area contributed by atoms with Crippen LogP contribution in [-0.4, -0.2) is 45.7 Å². The third-order valence-electron chi connectivity index (χ3n) is 3.56. The van der Waals surface area contributed by atoms with Crippen LogP contribution in [0.4, 0.5) is 0 Å². The Hall–Kier alpha value is 0.137. The highest BCUT2D eigenvalue weighted by molar-refractivity contribution is 6.77. The standard InChI is InChI=1S/C12H30N2Si/c1-9-10-11-15(13(5)6,14(7)8)12(2,3)4/h9-11H2,1-8H3. The van der Waals surface area contributed by atoms with Gasteiger partial charge in [0.2, 0.25) is 8.40 Å². The second kappa shape index (κ2) is 5.46. The maximum atomic E-state index is 2.52. The van der Waals surface area contributed by atoms with Crippen LogP contribution in [-0.2, 0) is 0 Å². The maximum absolute atomic E-state index is 2.52. The SMILES string of the molecule is CCCC[Si](N(C)C)(N(C)C)C(C)(C)C. The molecule has 0 aromatic rings. The van der Waals surface area contributed by atoms with Crippen molar-refractivity contribution in [2.75, 3.05) is 28.2 Å². The summed E-state index contributed by atoms with van der Waals surface area (Å²) in [5.74, 6) is 0. The molecule has 0 saturated carbocycles. The minimum absolute atomic E-state index is 0.398. The molecule has 92 valence electrons. The Bertz CT molecular complexity index is 175. The summed E-state index contributed by atoms with van der Waals surface area (Å²) in [6.07, 6.45) is 2.65. The van der Waals surface area contributed by atoms with Crippen LogP contribution in [0.3, 0.4) is 0 Å². The average molecular weight is 230 g/mol. The van der Waals surface area contributed by atoms with Gasteiger partial charge in [0.15, 0.2) is 0 Å². The second-order valence-electron chi connectivity index (χ2n) is 5.96. The van der Waals surface area contributed by atoms with E-state index in [9.17, 15) is 0 Å². The van der Waals surface area contributed by atoms with Crippen molar-refractivity contribution >= 4 is 8.40 Å². The molecule has 0 radical (unpaired) electrons. The summed E-state index contributed by atoms with van der Waals surface area (Å²) < 4.78 is 5.03. The summed E-state index contributed by atoms with van der Waals surface area (Å²) in [5.41, 5.74) is 0. The van der Waals surface area contributed by atoms with Gasteiger partial charge in [0.25, 0.3) is 0 Å². The molecule has 0 aromatic heterocycles. The fraction of sp³-hybridized carbons (Fsp3) is 1.00. The molecule has 15 heavy (non-hydrogen) atoms. The number of rotatable bonds is 5. The van der Waals surface area contributed by atoms with E-state index >= 15 is 0 Å². The molecule has 0 unspecified atom stereocenters. The van der Waals surface area contributed by atoms with Crippen LogP contribution in [0.25, 0.3) is 0 Å². The molecule has 0 saturated heterocycles. The van der Waals surface area contributed by atoms with Crippen molar-refractivity contribution in [3.63, 3.8) is 0 Å². The third-order valence-corrected chi connectivity index (χ3v) is 9.97. The molecule has 0 aliphatic heterocycles. The van der Waals surface area contributed by atoms with Crippen molar-refractivity contribution in [2.45, 2.75) is 51.6 Å². The molecule has 0 heterocycles. The number of nitrogens with zero attached hydrogens (tertiary/aromatic N) is 2. The molecule has 0 aliphatic carbocycles. The first-order valence-corrected chi connectivity index (χ1v) is 8.15. The average Bonchev–Trinajstić information content (AvgIpc) is 2.01. The van der Waals surface area contributed by atoms with E-state index in [-0.39, 0.29) is 0 Å². The Labute approximate surface area is 97.8 Å². The van der Waals surface area contributed by atoms with Gasteiger partial charge in [-0.25, -0.2) is 0 Å². The van der Waals surface area contributed by atoms with Crippen LogP contribution < -0.4 is 0 Å². The quantitative estimate of drug-likeness (QED) is 0.670. The van der Waals surface area contributed by atoms with Crippen molar-refractivity contribution < 1.29 is 0 Å². The Morgan fingerprint density at radius 3 is 1.53 bits per heavy atom. The zero-order valence-corrected chi connectivity index (χ0v) is 13.0. The summed E-state index contributed by atoms with van der Waals surface area (Å²) >= 11 is 0. The predicted octanol–water partition coefficient (Wildman–Crippen LogP) is 3.15. The van der Waals surface area contributed by atoms with Crippen LogP contribution >= 0.6 is 0 Å². The summed E-state index contributed by atoms with van der Waals surface area (Å²) in [7, 11) is 7.52. The normalized spacial score (nSPS) is 14.0. The molecule has 0 spiro atoms. The highest BCUT2D eigenvalue weighted by atomic mass is 28.4. The van der Waals surface area contributed by atoms with E-state index in [2.05, 4.69) is 65.0 Å². The van der Waals surface area contributed by atoms with Crippen molar-refractivity contribution in [3.8, 4) is 0 Å². The van der Waals surface area contributed by atoms with Crippen molar-refractivity contribution in [1.82, 2.24) is 9.13 Å². The Morgan fingerprint density at radius 2 is 1.33 bits per heavy atom. The number of hydrogen-bond donors (Lipinski definition) is 0. The first-order chi connectivity index (χ1) is 6.70. The molecular formula is C12H30N2Si. The monoisotopic (exact) mass is 230 g/mol. The van der Waals surface area contributed by atoms with E-state index < -0.39 is 8.40 Å². The van der Waals surface area contributed by atoms with E-state index in [1.807, 2.05) is 0 Å². The van der Waals surface area contributed by atoms with Gasteiger partial charge < -0.3 is 9.13 Å². The predicted molar refractivity (Wildman–Crippen MR) is 72.6 cm³/mol. The lowest BCUT2D eigenvalue weighted by atomic mass is 10.2. The Morgan fingerprint density at radius 1 is 0.933 bits per heavy atom. The third kappa shape index (κ3) is 3.05. The van der Waals surface area contributed by atoms with Crippen LogP contribution in [0.5, 0.6) is 0 Å². The number of unbranched alkanes of at least 4 members (excludes halogenated alkanes) is 1. The van der Waals surface area contributed by atoms with Gasteiger partial charge in [-0.15, -0.1) is 0 Å². The maximum Gasteiger partial charge on any atom is 0.211 e. The van der Waals surface area contributed by atoms with Crippen LogP contribution in [0, 0.1) is 0 Å². The highest BCUT2D eigenvalue weighted by Crippen LogP contribution is 2.42. The fourth-order valence-corrected chi connectivity index (χ4v) is 8.96. The van der Waals surface area contributed by atoms with Crippen molar-refractivity contribution in [1.29, 1.82) is 0 Å². The van der Waals surface area contributed by atoms with Gasteiger partial charge in [-0.1, -0.05) is 40.5 Å². The second-order valence-corrected chi connectivity index (χ2v) is 11.4. The summed E-state index contributed by atoms with van der Waals surface area (Å²) in [6.45, 7) is 9.48. The molecule has 3 heteroatoms. The highest BCUT2D eigenvalue weighted by Gasteiger charge is 2.48. The van der Waals surface area contributed by atoms with Gasteiger partial charge in [-0.3, -0.25) is 0 Å². The van der Waals surface area contributed by atoms with Gasteiger partial charge in [0.1, 0.15) is 0 Å². The van der Waals surface area contributed by atoms with Crippen LogP contribution in [0.1, 0.15) is 40.5 Å². The smallest absolute Gasteiger partial charge is 0.211 e. The molecule has 0 fully saturated rings. The lowest BCUT2D eigenvalue weighted by Gasteiger charge is -2.51. The lowest BCUT2D eigenvalue weighted by molar-refractivity contribution is 0.417. The molecule has 2 nitrogen and oxygen atoms in total. The van der Waals surface area contributed by atoms with Gasteiger partial charge in [-0.2, -0.15) is 0 Å². The van der Waals surface area contributed by atoms with Gasteiger partial charge in [0, 0.05) is 0 Å². The molecule has 0 atom stereocenters. The van der Waals surface area contributed by atoms with Gasteiger partial charge >= 0.3 is 0 Å². The first kappa shape index (κ1) is 15.1.